The lowest BCUT2D eigenvalue weighted by Crippen LogP contribution is -2.56. The zero-order valence-corrected chi connectivity index (χ0v) is 17.4. The van der Waals surface area contributed by atoms with Crippen LogP contribution in [0.25, 0.3) is 0 Å². The molecule has 0 aromatic heterocycles. The van der Waals surface area contributed by atoms with Crippen LogP contribution >= 0.6 is 0 Å². The number of aliphatic hydroxyl groups is 1. The molecular formula is C24H32O4. The van der Waals surface area contributed by atoms with Gasteiger partial charge in [0.05, 0.1) is 6.10 Å². The summed E-state index contributed by atoms with van der Waals surface area (Å²) >= 11 is 0. The van der Waals surface area contributed by atoms with E-state index in [1.807, 2.05) is 6.08 Å². The smallest absolute Gasteiger partial charge is 0.302 e. The van der Waals surface area contributed by atoms with Crippen LogP contribution in [0.4, 0.5) is 0 Å². The minimum absolute atomic E-state index is 0.0355. The molecule has 4 nitrogen and oxygen atoms in total. The molecule has 152 valence electrons. The Morgan fingerprint density at radius 2 is 2.14 bits per heavy atom. The van der Waals surface area contributed by atoms with E-state index in [-0.39, 0.29) is 28.5 Å². The third kappa shape index (κ3) is 2.83. The van der Waals surface area contributed by atoms with Gasteiger partial charge in [-0.15, -0.1) is 0 Å². The van der Waals surface area contributed by atoms with E-state index in [0.717, 1.165) is 25.7 Å². The standard InChI is InChI=1S/C24H32O4/c1-14-11-18-19-6-5-16(8-10-28-15(2)25)24(19,4)13-21(27)22(18)23(3)9-7-17(26)12-20(14)23/h7-9,12,14,18-19,21-22,27H,5-6,10-11,13H2,1-4H3/t14-,18-,19-,21-,22+,23-,24+/m0/s1. The van der Waals surface area contributed by atoms with E-state index in [1.165, 1.54) is 18.1 Å². The second kappa shape index (κ2) is 6.69. The van der Waals surface area contributed by atoms with Crippen LogP contribution in [0.1, 0.15) is 53.4 Å². The third-order valence-electron chi connectivity index (χ3n) is 8.28. The molecule has 7 atom stereocenters. The number of hydrogen-bond acceptors (Lipinski definition) is 4. The zero-order chi connectivity index (χ0) is 20.3. The van der Waals surface area contributed by atoms with Crippen LogP contribution in [0, 0.1) is 34.5 Å². The van der Waals surface area contributed by atoms with Gasteiger partial charge in [0, 0.05) is 18.3 Å². The number of esters is 1. The molecule has 3 saturated carbocycles. The van der Waals surface area contributed by atoms with Crippen LogP contribution < -0.4 is 0 Å². The number of carbonyl (C=O) groups excluding carboxylic acids is 2. The van der Waals surface area contributed by atoms with Crippen molar-refractivity contribution >= 4 is 11.8 Å². The number of rotatable bonds is 2. The predicted molar refractivity (Wildman–Crippen MR) is 107 cm³/mol. The normalized spacial score (nSPS) is 45.9. The highest BCUT2D eigenvalue weighted by atomic mass is 16.5. The summed E-state index contributed by atoms with van der Waals surface area (Å²) < 4.78 is 5.15. The average Bonchev–Trinajstić information content (AvgIpc) is 2.92. The van der Waals surface area contributed by atoms with Crippen molar-refractivity contribution in [1.82, 2.24) is 0 Å². The molecule has 4 aliphatic carbocycles. The molecule has 0 saturated heterocycles. The summed E-state index contributed by atoms with van der Waals surface area (Å²) in [5, 5.41) is 11.3. The first-order valence-corrected chi connectivity index (χ1v) is 10.6. The Kier molecular flexibility index (Phi) is 4.69. The predicted octanol–water partition coefficient (Wildman–Crippen LogP) is 4.00. The van der Waals surface area contributed by atoms with Crippen molar-refractivity contribution in [2.75, 3.05) is 6.61 Å². The molecule has 0 bridgehead atoms. The minimum Gasteiger partial charge on any atom is -0.462 e. The van der Waals surface area contributed by atoms with E-state index in [1.54, 1.807) is 6.08 Å². The molecule has 3 fully saturated rings. The van der Waals surface area contributed by atoms with Crippen LogP contribution in [0.15, 0.2) is 35.5 Å². The summed E-state index contributed by atoms with van der Waals surface area (Å²) in [6.07, 6.45) is 11.2. The monoisotopic (exact) mass is 384 g/mol. The van der Waals surface area contributed by atoms with E-state index in [0.29, 0.717) is 24.4 Å². The van der Waals surface area contributed by atoms with Crippen LogP contribution in [0.2, 0.25) is 0 Å². The Labute approximate surface area is 167 Å². The summed E-state index contributed by atoms with van der Waals surface area (Å²) in [5.41, 5.74) is 2.27. The maximum Gasteiger partial charge on any atom is 0.302 e. The molecule has 1 N–H and O–H groups in total. The first-order chi connectivity index (χ1) is 13.2. The van der Waals surface area contributed by atoms with Gasteiger partial charge in [0.15, 0.2) is 5.78 Å². The number of ether oxygens (including phenoxy) is 1. The number of carbonyl (C=O) groups is 2. The Bertz CT molecular complexity index is 790. The third-order valence-corrected chi connectivity index (χ3v) is 8.28. The van der Waals surface area contributed by atoms with E-state index in [9.17, 15) is 14.7 Å². The quantitative estimate of drug-likeness (QED) is 0.577. The largest absolute Gasteiger partial charge is 0.462 e. The molecule has 0 amide bonds. The zero-order valence-electron chi connectivity index (χ0n) is 17.4. The number of hydrogen-bond donors (Lipinski definition) is 1. The van der Waals surface area contributed by atoms with Crippen molar-refractivity contribution in [3.63, 3.8) is 0 Å². The number of aliphatic hydroxyl groups excluding tert-OH is 1. The second-order valence-corrected chi connectivity index (χ2v) is 9.81. The first-order valence-electron chi connectivity index (χ1n) is 10.6. The fourth-order valence-electron chi connectivity index (χ4n) is 7.19. The van der Waals surface area contributed by atoms with Gasteiger partial charge < -0.3 is 9.84 Å². The fourth-order valence-corrected chi connectivity index (χ4v) is 7.19. The van der Waals surface area contributed by atoms with E-state index < -0.39 is 6.10 Å². The maximum absolute atomic E-state index is 12.0. The van der Waals surface area contributed by atoms with E-state index in [2.05, 4.69) is 32.9 Å². The van der Waals surface area contributed by atoms with Crippen LogP contribution in [0.5, 0.6) is 0 Å². The summed E-state index contributed by atoms with van der Waals surface area (Å²) in [4.78, 5) is 23.1. The van der Waals surface area contributed by atoms with Gasteiger partial charge in [-0.25, -0.2) is 0 Å². The van der Waals surface area contributed by atoms with Crippen LogP contribution in [-0.2, 0) is 14.3 Å². The second-order valence-electron chi connectivity index (χ2n) is 9.81. The molecule has 4 rings (SSSR count). The van der Waals surface area contributed by atoms with Crippen molar-refractivity contribution in [3.8, 4) is 0 Å². The summed E-state index contributed by atoms with van der Waals surface area (Å²) in [5.74, 6) is 1.28. The minimum atomic E-state index is -0.403. The molecule has 0 heterocycles. The highest BCUT2D eigenvalue weighted by Crippen LogP contribution is 2.66. The van der Waals surface area contributed by atoms with Crippen molar-refractivity contribution in [3.05, 3.63) is 35.5 Å². The summed E-state index contributed by atoms with van der Waals surface area (Å²) in [7, 11) is 0. The number of allylic oxidation sites excluding steroid dienone is 5. The lowest BCUT2D eigenvalue weighted by atomic mass is 9.46. The lowest BCUT2D eigenvalue weighted by molar-refractivity contribution is -0.139. The molecule has 0 aromatic carbocycles. The van der Waals surface area contributed by atoms with Gasteiger partial charge in [0.2, 0.25) is 0 Å². The molecule has 0 aromatic rings. The molecule has 0 unspecified atom stereocenters. The van der Waals surface area contributed by atoms with Gasteiger partial charge >= 0.3 is 5.97 Å². The molecule has 0 aliphatic heterocycles. The number of ketones is 1. The van der Waals surface area contributed by atoms with Crippen LogP contribution in [-0.4, -0.2) is 29.6 Å². The molecule has 0 spiro atoms. The first kappa shape index (κ1) is 19.6. The fraction of sp³-hybridized carbons (Fsp3) is 0.667. The molecule has 28 heavy (non-hydrogen) atoms. The van der Waals surface area contributed by atoms with Gasteiger partial charge in [0.25, 0.3) is 0 Å². The molecule has 4 heteroatoms. The molecule has 4 aliphatic rings. The van der Waals surface area contributed by atoms with E-state index >= 15 is 0 Å². The maximum atomic E-state index is 12.0. The lowest BCUT2D eigenvalue weighted by Gasteiger charge is -2.59. The highest BCUT2D eigenvalue weighted by Gasteiger charge is 2.61. The van der Waals surface area contributed by atoms with E-state index in [4.69, 9.17) is 4.74 Å². The van der Waals surface area contributed by atoms with Gasteiger partial charge in [0.1, 0.15) is 6.61 Å². The van der Waals surface area contributed by atoms with Crippen LogP contribution in [0.3, 0.4) is 0 Å². The van der Waals surface area contributed by atoms with Gasteiger partial charge in [-0.3, -0.25) is 9.59 Å². The summed E-state index contributed by atoms with van der Waals surface area (Å²) in [6, 6.07) is 0. The average molecular weight is 385 g/mol. The highest BCUT2D eigenvalue weighted by molar-refractivity contribution is 6.01. The Hall–Kier alpha value is -1.68. The Balaban J connectivity index is 1.67. The topological polar surface area (TPSA) is 63.6 Å². The summed E-state index contributed by atoms with van der Waals surface area (Å²) in [6.45, 7) is 8.50. The number of fused-ring (bicyclic) bond motifs is 5. The SMILES string of the molecule is CC(=O)OCC=C1CC[C@H]2[C@@H]3C[C@H](C)C4=CC(=O)C=C[C@]4(C)[C@H]3[C@@H](O)C[C@]12C. The Morgan fingerprint density at radius 3 is 2.86 bits per heavy atom. The van der Waals surface area contributed by atoms with Crippen molar-refractivity contribution in [2.45, 2.75) is 59.5 Å². The van der Waals surface area contributed by atoms with Crippen molar-refractivity contribution in [2.24, 2.45) is 34.5 Å². The van der Waals surface area contributed by atoms with Crippen molar-refractivity contribution < 1.29 is 19.4 Å². The van der Waals surface area contributed by atoms with Gasteiger partial charge in [-0.05, 0) is 67.1 Å². The molecule has 0 radical (unpaired) electrons. The van der Waals surface area contributed by atoms with Gasteiger partial charge in [-0.2, -0.15) is 0 Å². The van der Waals surface area contributed by atoms with Crippen molar-refractivity contribution in [1.29, 1.82) is 0 Å². The molecular weight excluding hydrogens is 352 g/mol. The van der Waals surface area contributed by atoms with Gasteiger partial charge in [-0.1, -0.05) is 38.0 Å². The Morgan fingerprint density at radius 1 is 1.39 bits per heavy atom.